The summed E-state index contributed by atoms with van der Waals surface area (Å²) in [5.74, 6) is 0.853. The van der Waals surface area contributed by atoms with E-state index in [1.54, 1.807) is 54.6 Å². The minimum Gasteiger partial charge on any atom is -0.512 e. The molecule has 4 rings (SSSR count). The number of aryl methyl sites for hydroxylation is 1. The third-order valence-corrected chi connectivity index (χ3v) is 7.42. The fraction of sp³-hybridized carbons (Fsp3) is 0.267. The van der Waals surface area contributed by atoms with Gasteiger partial charge in [0.1, 0.15) is 30.5 Å². The highest BCUT2D eigenvalue weighted by atomic mass is 35.5. The number of methoxy groups -OCH3 is 1. The van der Waals surface area contributed by atoms with Crippen molar-refractivity contribution >= 4 is 46.5 Å². The van der Waals surface area contributed by atoms with E-state index in [1.165, 1.54) is 7.11 Å². The lowest BCUT2D eigenvalue weighted by Gasteiger charge is -2.16. The molecule has 3 aromatic carbocycles. The van der Waals surface area contributed by atoms with E-state index in [0.29, 0.717) is 49.7 Å². The molecule has 0 atom stereocenters. The summed E-state index contributed by atoms with van der Waals surface area (Å²) in [7, 11) is 1.35. The molecule has 2 N–H and O–H groups in total. The molecule has 1 fully saturated rings. The lowest BCUT2D eigenvalue weighted by atomic mass is 10.00. The Kier molecular flexibility index (Phi) is 9.44. The molecular weight excluding hydrogens is 561 g/mol. The topological polar surface area (TPSA) is 88.8 Å². The number of carbonyl (C=O) groups excluding carboxylic acids is 1. The summed E-state index contributed by atoms with van der Waals surface area (Å²) in [6.45, 7) is 2.14. The van der Waals surface area contributed by atoms with Gasteiger partial charge in [0.15, 0.2) is 0 Å². The Morgan fingerprint density at radius 2 is 1.69 bits per heavy atom. The zero-order chi connectivity index (χ0) is 28.1. The van der Waals surface area contributed by atoms with Crippen LogP contribution in [-0.4, -0.2) is 30.5 Å². The molecule has 204 valence electrons. The summed E-state index contributed by atoms with van der Waals surface area (Å²) in [5, 5.41) is 20.7. The Morgan fingerprint density at radius 3 is 2.31 bits per heavy atom. The van der Waals surface area contributed by atoms with Crippen molar-refractivity contribution in [3.63, 3.8) is 0 Å². The van der Waals surface area contributed by atoms with Crippen molar-refractivity contribution in [2.75, 3.05) is 13.7 Å². The molecule has 0 spiro atoms. The van der Waals surface area contributed by atoms with Gasteiger partial charge in [-0.25, -0.2) is 4.79 Å². The number of ether oxygens (including phenoxy) is 3. The van der Waals surface area contributed by atoms with Crippen molar-refractivity contribution in [2.24, 2.45) is 5.92 Å². The van der Waals surface area contributed by atoms with Crippen LogP contribution in [0.5, 0.6) is 11.5 Å². The van der Waals surface area contributed by atoms with E-state index in [9.17, 15) is 9.90 Å². The molecule has 1 aliphatic rings. The van der Waals surface area contributed by atoms with Crippen molar-refractivity contribution in [3.05, 3.63) is 103 Å². The van der Waals surface area contributed by atoms with Crippen LogP contribution in [0.25, 0.3) is 0 Å². The molecule has 6 nitrogen and oxygen atoms in total. The van der Waals surface area contributed by atoms with Crippen LogP contribution in [0.3, 0.4) is 0 Å². The number of hydrogen-bond donors (Lipinski definition) is 2. The van der Waals surface area contributed by atoms with Crippen molar-refractivity contribution in [1.82, 2.24) is 0 Å². The largest absolute Gasteiger partial charge is 0.512 e. The zero-order valence-corrected chi connectivity index (χ0v) is 23.8. The Morgan fingerprint density at radius 1 is 0.974 bits per heavy atom. The molecule has 0 saturated heterocycles. The van der Waals surface area contributed by atoms with E-state index in [4.69, 9.17) is 54.4 Å². The fourth-order valence-electron chi connectivity index (χ4n) is 4.05. The number of rotatable bonds is 11. The minimum absolute atomic E-state index is 0.00280. The lowest BCUT2D eigenvalue weighted by Crippen LogP contribution is -2.16. The molecule has 0 heterocycles. The maximum Gasteiger partial charge on any atom is 0.337 e. The Hall–Kier alpha value is -3.19. The van der Waals surface area contributed by atoms with Crippen molar-refractivity contribution in [2.45, 2.75) is 32.8 Å². The highest BCUT2D eigenvalue weighted by Crippen LogP contribution is 2.38. The van der Waals surface area contributed by atoms with Gasteiger partial charge in [0.2, 0.25) is 0 Å². The van der Waals surface area contributed by atoms with E-state index >= 15 is 0 Å². The SMILES string of the molecule is CCc1cc(C(=O)OC)ccc1OCc1ccc(OC/C(C(=N)c2c(Cl)cccc2Cl)=C(/O)C2CC2)cc1Cl. The van der Waals surface area contributed by atoms with E-state index < -0.39 is 5.97 Å². The quantitative estimate of drug-likeness (QED) is 0.134. The summed E-state index contributed by atoms with van der Waals surface area (Å²) in [6, 6.07) is 15.4. The average Bonchev–Trinajstić information content (AvgIpc) is 3.78. The van der Waals surface area contributed by atoms with Gasteiger partial charge in [-0.15, -0.1) is 0 Å². The average molecular weight is 589 g/mol. The molecule has 1 saturated carbocycles. The van der Waals surface area contributed by atoms with Gasteiger partial charge in [0.25, 0.3) is 0 Å². The number of hydrogen-bond acceptors (Lipinski definition) is 6. The fourth-order valence-corrected chi connectivity index (χ4v) is 4.86. The molecule has 1 aliphatic carbocycles. The normalized spacial score (nSPS) is 13.5. The second-order valence-corrected chi connectivity index (χ2v) is 10.3. The summed E-state index contributed by atoms with van der Waals surface area (Å²) < 4.78 is 16.7. The van der Waals surface area contributed by atoms with Crippen LogP contribution < -0.4 is 9.47 Å². The van der Waals surface area contributed by atoms with Gasteiger partial charge in [0, 0.05) is 17.0 Å². The second-order valence-electron chi connectivity index (χ2n) is 9.11. The smallest absolute Gasteiger partial charge is 0.337 e. The molecule has 0 unspecified atom stereocenters. The van der Waals surface area contributed by atoms with Crippen LogP contribution in [0, 0.1) is 11.3 Å². The van der Waals surface area contributed by atoms with Gasteiger partial charge in [-0.2, -0.15) is 0 Å². The van der Waals surface area contributed by atoms with E-state index in [2.05, 4.69) is 0 Å². The first-order valence-electron chi connectivity index (χ1n) is 12.4. The first kappa shape index (κ1) is 28.8. The van der Waals surface area contributed by atoms with Gasteiger partial charge in [-0.05, 0) is 67.3 Å². The van der Waals surface area contributed by atoms with Gasteiger partial charge >= 0.3 is 5.97 Å². The van der Waals surface area contributed by atoms with E-state index in [-0.39, 0.29) is 30.6 Å². The maximum atomic E-state index is 11.8. The molecule has 3 aromatic rings. The summed E-state index contributed by atoms with van der Waals surface area (Å²) in [4.78, 5) is 11.8. The molecular formula is C30H28Cl3NO5. The Labute approximate surface area is 242 Å². The third kappa shape index (κ3) is 6.88. The summed E-state index contributed by atoms with van der Waals surface area (Å²) in [5.41, 5.74) is 2.80. The van der Waals surface area contributed by atoms with E-state index in [1.807, 2.05) is 6.92 Å². The number of benzene rings is 3. The van der Waals surface area contributed by atoms with Gasteiger partial charge in [-0.3, -0.25) is 5.41 Å². The highest BCUT2D eigenvalue weighted by molar-refractivity contribution is 6.41. The van der Waals surface area contributed by atoms with E-state index in [0.717, 1.165) is 24.0 Å². The number of halogens is 3. The Balaban J connectivity index is 1.46. The predicted molar refractivity (Wildman–Crippen MR) is 154 cm³/mol. The molecule has 39 heavy (non-hydrogen) atoms. The number of nitrogens with one attached hydrogen (secondary N) is 1. The highest BCUT2D eigenvalue weighted by Gasteiger charge is 2.31. The standard InChI is InChI=1S/C30H28Cl3NO5/c1-3-17-13-19(30(36)37-2)10-12-26(17)39-15-20-9-11-21(14-25(20)33)38-16-22(29(35)18-7-8-18)28(34)27-23(31)5-4-6-24(27)32/h4-6,9-14,18,34-35H,3,7-8,15-16H2,1-2H3/b29-22-,34-28?. The van der Waals surface area contributed by atoms with Crippen molar-refractivity contribution < 1.29 is 24.1 Å². The van der Waals surface area contributed by atoms with Crippen LogP contribution in [0.1, 0.15) is 46.8 Å². The van der Waals surface area contributed by atoms with Gasteiger partial charge < -0.3 is 19.3 Å². The molecule has 0 radical (unpaired) electrons. The number of aliphatic hydroxyl groups is 1. The summed E-state index contributed by atoms with van der Waals surface area (Å²) in [6.07, 6.45) is 2.38. The third-order valence-electron chi connectivity index (χ3n) is 6.44. The number of carbonyl (C=O) groups is 1. The first-order chi connectivity index (χ1) is 18.7. The van der Waals surface area contributed by atoms with Crippen LogP contribution in [0.15, 0.2) is 65.9 Å². The van der Waals surface area contributed by atoms with Gasteiger partial charge in [0.05, 0.1) is 39.0 Å². The van der Waals surface area contributed by atoms with Crippen LogP contribution in [0.2, 0.25) is 15.1 Å². The predicted octanol–water partition coefficient (Wildman–Crippen LogP) is 8.24. The molecule has 9 heteroatoms. The maximum absolute atomic E-state index is 11.8. The lowest BCUT2D eigenvalue weighted by molar-refractivity contribution is 0.0600. The molecule has 0 bridgehead atoms. The summed E-state index contributed by atoms with van der Waals surface area (Å²) >= 11 is 19.2. The first-order valence-corrected chi connectivity index (χ1v) is 13.6. The Bertz CT molecular complexity index is 1410. The minimum atomic E-state index is -0.400. The molecule has 0 aromatic heterocycles. The van der Waals surface area contributed by atoms with Crippen LogP contribution in [-0.2, 0) is 17.8 Å². The van der Waals surface area contributed by atoms with Crippen molar-refractivity contribution in [1.29, 1.82) is 5.41 Å². The van der Waals surface area contributed by atoms with Gasteiger partial charge in [-0.1, -0.05) is 53.9 Å². The van der Waals surface area contributed by atoms with Crippen LogP contribution >= 0.6 is 34.8 Å². The van der Waals surface area contributed by atoms with Crippen molar-refractivity contribution in [3.8, 4) is 11.5 Å². The number of esters is 1. The number of allylic oxidation sites excluding steroid dienone is 1. The zero-order valence-electron chi connectivity index (χ0n) is 21.5. The second kappa shape index (κ2) is 12.8. The number of aliphatic hydroxyl groups excluding tert-OH is 1. The monoisotopic (exact) mass is 587 g/mol. The molecule has 0 aliphatic heterocycles. The van der Waals surface area contributed by atoms with Crippen LogP contribution in [0.4, 0.5) is 0 Å². The molecule has 0 amide bonds.